The number of benzene rings is 1. The Hall–Kier alpha value is -1.39. The van der Waals surface area contributed by atoms with Crippen LogP contribution in [0.1, 0.15) is 17.5 Å². The first-order valence-corrected chi connectivity index (χ1v) is 5.95. The Kier molecular flexibility index (Phi) is 3.76. The van der Waals surface area contributed by atoms with Gasteiger partial charge in [0.2, 0.25) is 0 Å². The molecule has 0 amide bonds. The van der Waals surface area contributed by atoms with Crippen LogP contribution < -0.4 is 5.73 Å². The minimum atomic E-state index is 0.109. The summed E-state index contributed by atoms with van der Waals surface area (Å²) in [6.07, 6.45) is 1.09. The molecule has 17 heavy (non-hydrogen) atoms. The lowest BCUT2D eigenvalue weighted by Crippen LogP contribution is -2.21. The van der Waals surface area contributed by atoms with Crippen LogP contribution in [0.4, 0.5) is 0 Å². The third-order valence-corrected chi connectivity index (χ3v) is 3.30. The van der Waals surface area contributed by atoms with Crippen molar-refractivity contribution in [3.8, 4) is 0 Å². The van der Waals surface area contributed by atoms with Crippen molar-refractivity contribution < 1.29 is 5.11 Å². The molecule has 4 N–H and O–H groups in total. The van der Waals surface area contributed by atoms with Gasteiger partial charge in [0.1, 0.15) is 5.84 Å². The smallest absolute Gasteiger partial charge is 0.122 e. The number of nitrogens with one attached hydrogen (secondary N) is 1. The molecule has 4 nitrogen and oxygen atoms in total. The lowest BCUT2D eigenvalue weighted by atomic mass is 10.1. The number of amidine groups is 1. The second-order valence-corrected chi connectivity index (χ2v) is 4.68. The van der Waals surface area contributed by atoms with E-state index in [1.54, 1.807) is 0 Å². The van der Waals surface area contributed by atoms with Crippen LogP contribution in [0.25, 0.3) is 0 Å². The van der Waals surface area contributed by atoms with E-state index in [1.165, 1.54) is 5.56 Å². The van der Waals surface area contributed by atoms with Gasteiger partial charge < -0.3 is 10.8 Å². The molecule has 1 saturated heterocycles. The van der Waals surface area contributed by atoms with Crippen molar-refractivity contribution in [1.29, 1.82) is 5.41 Å². The minimum Gasteiger partial charge on any atom is -0.396 e. The van der Waals surface area contributed by atoms with Gasteiger partial charge in [-0.1, -0.05) is 24.3 Å². The number of hydrogen-bond acceptors (Lipinski definition) is 3. The van der Waals surface area contributed by atoms with Gasteiger partial charge in [0, 0.05) is 25.3 Å². The lowest BCUT2D eigenvalue weighted by molar-refractivity contribution is 0.220. The first-order valence-electron chi connectivity index (χ1n) is 5.95. The normalized spacial score (nSPS) is 20.6. The van der Waals surface area contributed by atoms with Crippen LogP contribution in [-0.2, 0) is 6.54 Å². The summed E-state index contributed by atoms with van der Waals surface area (Å²) in [6, 6.07) is 7.81. The maximum atomic E-state index is 9.08. The maximum absolute atomic E-state index is 9.08. The van der Waals surface area contributed by atoms with Gasteiger partial charge >= 0.3 is 0 Å². The van der Waals surface area contributed by atoms with Crippen LogP contribution in [0, 0.1) is 11.3 Å². The van der Waals surface area contributed by atoms with Crippen LogP contribution in [0.3, 0.4) is 0 Å². The summed E-state index contributed by atoms with van der Waals surface area (Å²) in [7, 11) is 0. The van der Waals surface area contributed by atoms with Gasteiger partial charge in [-0.25, -0.2) is 0 Å². The van der Waals surface area contributed by atoms with E-state index in [-0.39, 0.29) is 5.84 Å². The van der Waals surface area contributed by atoms with Gasteiger partial charge in [0.05, 0.1) is 0 Å². The Bertz CT molecular complexity index is 388. The van der Waals surface area contributed by atoms with Gasteiger partial charge in [-0.05, 0) is 24.4 Å². The van der Waals surface area contributed by atoms with Crippen molar-refractivity contribution in [3.63, 3.8) is 0 Å². The van der Waals surface area contributed by atoms with Gasteiger partial charge in [0.15, 0.2) is 0 Å². The molecule has 1 aliphatic heterocycles. The Balaban J connectivity index is 1.93. The fraction of sp³-hybridized carbons (Fsp3) is 0.462. The van der Waals surface area contributed by atoms with Gasteiger partial charge in [-0.3, -0.25) is 10.3 Å². The zero-order valence-corrected chi connectivity index (χ0v) is 9.89. The first kappa shape index (κ1) is 12.1. The summed E-state index contributed by atoms with van der Waals surface area (Å²) in [6.45, 7) is 3.24. The topological polar surface area (TPSA) is 73.3 Å². The summed E-state index contributed by atoms with van der Waals surface area (Å²) in [5.41, 5.74) is 7.41. The number of aliphatic hydroxyl groups excluding tert-OH is 1. The van der Waals surface area contributed by atoms with Crippen molar-refractivity contribution in [2.24, 2.45) is 11.7 Å². The van der Waals surface area contributed by atoms with Gasteiger partial charge in [-0.15, -0.1) is 0 Å². The van der Waals surface area contributed by atoms with Crippen molar-refractivity contribution in [3.05, 3.63) is 35.4 Å². The lowest BCUT2D eigenvalue weighted by Gasteiger charge is -2.15. The van der Waals surface area contributed by atoms with Gasteiger partial charge in [0.25, 0.3) is 0 Å². The molecular weight excluding hydrogens is 214 g/mol. The second-order valence-electron chi connectivity index (χ2n) is 4.68. The van der Waals surface area contributed by atoms with Gasteiger partial charge in [-0.2, -0.15) is 0 Å². The molecule has 0 saturated carbocycles. The summed E-state index contributed by atoms with van der Waals surface area (Å²) in [5.74, 6) is 0.546. The third kappa shape index (κ3) is 3.05. The molecule has 4 heteroatoms. The van der Waals surface area contributed by atoms with E-state index >= 15 is 0 Å². The fourth-order valence-electron chi connectivity index (χ4n) is 2.25. The van der Waals surface area contributed by atoms with Crippen molar-refractivity contribution in [2.75, 3.05) is 19.7 Å². The molecular formula is C13H19N3O. The van der Waals surface area contributed by atoms with Crippen molar-refractivity contribution in [1.82, 2.24) is 4.90 Å². The monoisotopic (exact) mass is 233 g/mol. The highest BCUT2D eigenvalue weighted by molar-refractivity contribution is 5.94. The van der Waals surface area contributed by atoms with Crippen molar-refractivity contribution >= 4 is 5.84 Å². The largest absolute Gasteiger partial charge is 0.396 e. The number of nitrogen functional groups attached to an aromatic ring is 1. The van der Waals surface area contributed by atoms with Crippen LogP contribution in [0.2, 0.25) is 0 Å². The molecule has 1 atom stereocenters. The van der Waals surface area contributed by atoms with E-state index in [0.29, 0.717) is 12.5 Å². The number of hydrogen-bond donors (Lipinski definition) is 3. The number of nitrogens with two attached hydrogens (primary N) is 1. The van der Waals surface area contributed by atoms with E-state index in [1.807, 2.05) is 24.3 Å². The molecule has 0 spiro atoms. The Morgan fingerprint density at radius 2 is 2.12 bits per heavy atom. The molecule has 1 unspecified atom stereocenters. The van der Waals surface area contributed by atoms with Crippen LogP contribution >= 0.6 is 0 Å². The molecule has 1 aromatic carbocycles. The molecule has 1 fully saturated rings. The SMILES string of the molecule is N=C(N)c1ccc(CN2CCC(CO)C2)cc1. The zero-order chi connectivity index (χ0) is 12.3. The van der Waals surface area contributed by atoms with E-state index < -0.39 is 0 Å². The molecule has 1 aromatic rings. The number of aliphatic hydroxyl groups is 1. The third-order valence-electron chi connectivity index (χ3n) is 3.30. The zero-order valence-electron chi connectivity index (χ0n) is 9.89. The first-order chi connectivity index (χ1) is 8.19. The Morgan fingerprint density at radius 3 is 2.65 bits per heavy atom. The highest BCUT2D eigenvalue weighted by atomic mass is 16.3. The summed E-state index contributed by atoms with van der Waals surface area (Å²) in [4.78, 5) is 2.35. The second kappa shape index (κ2) is 5.29. The molecule has 0 aromatic heterocycles. The maximum Gasteiger partial charge on any atom is 0.122 e. The molecule has 0 aliphatic carbocycles. The average molecular weight is 233 g/mol. The Labute approximate surface area is 102 Å². The molecule has 2 rings (SSSR count). The highest BCUT2D eigenvalue weighted by Gasteiger charge is 2.21. The quantitative estimate of drug-likeness (QED) is 0.531. The van der Waals surface area contributed by atoms with Crippen molar-refractivity contribution in [2.45, 2.75) is 13.0 Å². The summed E-state index contributed by atoms with van der Waals surface area (Å²) in [5, 5.41) is 16.4. The molecule has 1 heterocycles. The predicted molar refractivity (Wildman–Crippen MR) is 67.9 cm³/mol. The van der Waals surface area contributed by atoms with E-state index in [4.69, 9.17) is 16.2 Å². The molecule has 92 valence electrons. The standard InChI is InChI=1S/C13H19N3O/c14-13(15)12-3-1-10(2-4-12)7-16-6-5-11(8-16)9-17/h1-4,11,17H,5-9H2,(H3,14,15). The van der Waals surface area contributed by atoms with Crippen LogP contribution in [0.5, 0.6) is 0 Å². The Morgan fingerprint density at radius 1 is 1.41 bits per heavy atom. The number of nitrogens with zero attached hydrogens (tertiary/aromatic N) is 1. The van der Waals surface area contributed by atoms with E-state index in [9.17, 15) is 0 Å². The molecule has 0 bridgehead atoms. The molecule has 1 aliphatic rings. The molecule has 0 radical (unpaired) electrons. The van der Waals surface area contributed by atoms with E-state index in [0.717, 1.165) is 31.6 Å². The summed E-state index contributed by atoms with van der Waals surface area (Å²) < 4.78 is 0. The minimum absolute atomic E-state index is 0.109. The number of likely N-dealkylation sites (tertiary alicyclic amines) is 1. The predicted octanol–water partition coefficient (Wildman–Crippen LogP) is 0.785. The highest BCUT2D eigenvalue weighted by Crippen LogP contribution is 2.18. The van der Waals surface area contributed by atoms with E-state index in [2.05, 4.69) is 4.90 Å². The average Bonchev–Trinajstić information content (AvgIpc) is 2.77. The van der Waals surface area contributed by atoms with Crippen LogP contribution in [0.15, 0.2) is 24.3 Å². The summed E-state index contributed by atoms with van der Waals surface area (Å²) >= 11 is 0. The van der Waals surface area contributed by atoms with Crippen LogP contribution in [-0.4, -0.2) is 35.5 Å². The fourth-order valence-corrected chi connectivity index (χ4v) is 2.25. The number of rotatable bonds is 4.